The molecular formula is C25H32N6OS. The van der Waals surface area contributed by atoms with Crippen molar-refractivity contribution in [3.05, 3.63) is 54.1 Å². The van der Waals surface area contributed by atoms with E-state index < -0.39 is 11.0 Å². The lowest BCUT2D eigenvalue weighted by Crippen LogP contribution is -2.19. The highest BCUT2D eigenvalue weighted by atomic mass is 32.2. The molecule has 2 N–H and O–H groups in total. The van der Waals surface area contributed by atoms with Crippen LogP contribution in [0.25, 0.3) is 10.9 Å². The molecule has 1 heterocycles. The summed E-state index contributed by atoms with van der Waals surface area (Å²) < 4.78 is 13.7. The fourth-order valence-electron chi connectivity index (χ4n) is 3.88. The highest BCUT2D eigenvalue weighted by Crippen LogP contribution is 2.26. The molecule has 3 aromatic rings. The molecule has 0 bridgehead atoms. The number of nitriles is 1. The van der Waals surface area contributed by atoms with Crippen molar-refractivity contribution in [3.63, 3.8) is 0 Å². The Morgan fingerprint density at radius 3 is 2.39 bits per heavy atom. The first kappa shape index (κ1) is 24.6. The molecule has 0 aliphatic heterocycles. The summed E-state index contributed by atoms with van der Waals surface area (Å²) in [5, 5.41) is 13.0. The lowest BCUT2D eigenvalue weighted by atomic mass is 9.89. The molecule has 1 aliphatic rings. The Labute approximate surface area is 198 Å². The van der Waals surface area contributed by atoms with Gasteiger partial charge in [0, 0.05) is 26.0 Å². The molecule has 174 valence electrons. The second-order valence-electron chi connectivity index (χ2n) is 8.28. The van der Waals surface area contributed by atoms with E-state index in [1.165, 1.54) is 32.1 Å². The molecule has 0 saturated heterocycles. The summed E-state index contributed by atoms with van der Waals surface area (Å²) in [6, 6.07) is 16.8. The number of rotatable bonds is 6. The molecule has 0 amide bonds. The Morgan fingerprint density at radius 2 is 1.76 bits per heavy atom. The number of hydrogen-bond donors (Lipinski definition) is 2. The minimum absolute atomic E-state index is 0.576. The van der Waals surface area contributed by atoms with E-state index in [2.05, 4.69) is 37.0 Å². The fourth-order valence-corrected chi connectivity index (χ4v) is 4.50. The lowest BCUT2D eigenvalue weighted by Gasteiger charge is -2.22. The lowest BCUT2D eigenvalue weighted by molar-refractivity contribution is 0.373. The quantitative estimate of drug-likeness (QED) is 0.558. The maximum absolute atomic E-state index is 11.1. The molecule has 1 saturated carbocycles. The fraction of sp³-hybridized carbons (Fsp3) is 0.400. The predicted octanol–water partition coefficient (Wildman–Crippen LogP) is 4.49. The third kappa shape index (κ3) is 6.98. The van der Waals surface area contributed by atoms with Crippen LogP contribution in [0.1, 0.15) is 37.7 Å². The van der Waals surface area contributed by atoms with Gasteiger partial charge in [-0.3, -0.25) is 0 Å². The first-order chi connectivity index (χ1) is 16.0. The first-order valence-electron chi connectivity index (χ1n) is 11.3. The van der Waals surface area contributed by atoms with Gasteiger partial charge in [-0.05, 0) is 62.2 Å². The van der Waals surface area contributed by atoms with Gasteiger partial charge in [0.1, 0.15) is 16.8 Å². The number of benzene rings is 2. The zero-order chi connectivity index (χ0) is 23.6. The molecule has 1 unspecified atom stereocenters. The van der Waals surface area contributed by atoms with Crippen LogP contribution in [0.5, 0.6) is 0 Å². The van der Waals surface area contributed by atoms with Crippen LogP contribution in [-0.2, 0) is 11.0 Å². The van der Waals surface area contributed by atoms with Gasteiger partial charge in [0.05, 0.1) is 22.0 Å². The van der Waals surface area contributed by atoms with Gasteiger partial charge in [0.15, 0.2) is 0 Å². The normalized spacial score (nSPS) is 14.6. The van der Waals surface area contributed by atoms with Crippen molar-refractivity contribution >= 4 is 33.7 Å². The molecular weight excluding hydrogens is 432 g/mol. The van der Waals surface area contributed by atoms with Gasteiger partial charge < -0.3 is 10.2 Å². The van der Waals surface area contributed by atoms with Gasteiger partial charge in [0.25, 0.3) is 0 Å². The van der Waals surface area contributed by atoms with Crippen LogP contribution in [0.15, 0.2) is 53.4 Å². The zero-order valence-corrected chi connectivity index (χ0v) is 20.4. The van der Waals surface area contributed by atoms with E-state index in [4.69, 9.17) is 5.26 Å². The topological polar surface area (TPSA) is 93.9 Å². The number of fused-ring (bicyclic) bond motifs is 1. The van der Waals surface area contributed by atoms with Crippen LogP contribution in [-0.4, -0.2) is 41.9 Å². The van der Waals surface area contributed by atoms with Crippen LogP contribution in [0.4, 0.5) is 11.8 Å². The second-order valence-corrected chi connectivity index (χ2v) is 9.69. The molecule has 2 aromatic carbocycles. The predicted molar refractivity (Wildman–Crippen MR) is 136 cm³/mol. The Kier molecular flexibility index (Phi) is 9.16. The third-order valence-electron chi connectivity index (χ3n) is 5.66. The standard InChI is InChI=1S/C17H24N4.C8H8N2OS/c1-21(2)16-14-10-6-7-11-15(14)19-17(20-16)18-12-13-8-4-3-5-9-13;1-10-12(11)8-4-2-7(6-9)3-5-8/h6-7,10-11,13H,3-5,8-9,12H2,1-2H3,(H,18,19,20);2-5,10H,1H3. The van der Waals surface area contributed by atoms with E-state index >= 15 is 0 Å². The maximum Gasteiger partial charge on any atom is 0.225 e. The SMILES string of the molecule is CN(C)c1nc(NCC2CCCCC2)nc2ccccc12.CNS(=O)c1ccc(C#N)cc1. The Hall–Kier alpha value is -3.02. The first-order valence-corrected chi connectivity index (χ1v) is 12.4. The summed E-state index contributed by atoms with van der Waals surface area (Å²) >= 11 is 0. The van der Waals surface area contributed by atoms with E-state index in [9.17, 15) is 4.21 Å². The van der Waals surface area contributed by atoms with Crippen molar-refractivity contribution in [2.45, 2.75) is 37.0 Å². The molecule has 4 rings (SSSR count). The Balaban J connectivity index is 0.000000218. The number of hydrogen-bond acceptors (Lipinski definition) is 6. The monoisotopic (exact) mass is 464 g/mol. The molecule has 33 heavy (non-hydrogen) atoms. The minimum Gasteiger partial charge on any atom is -0.362 e. The number of aromatic nitrogens is 2. The van der Waals surface area contributed by atoms with E-state index in [-0.39, 0.29) is 0 Å². The van der Waals surface area contributed by atoms with Gasteiger partial charge in [-0.2, -0.15) is 10.2 Å². The van der Waals surface area contributed by atoms with Gasteiger partial charge in [-0.15, -0.1) is 0 Å². The summed E-state index contributed by atoms with van der Waals surface area (Å²) in [7, 11) is 4.51. The van der Waals surface area contributed by atoms with Crippen LogP contribution in [0.2, 0.25) is 0 Å². The van der Waals surface area contributed by atoms with Crippen molar-refractivity contribution in [3.8, 4) is 6.07 Å². The molecule has 8 heteroatoms. The average Bonchev–Trinajstić information content (AvgIpc) is 2.87. The smallest absolute Gasteiger partial charge is 0.225 e. The number of para-hydroxylation sites is 1. The van der Waals surface area contributed by atoms with Gasteiger partial charge in [0.2, 0.25) is 5.95 Å². The van der Waals surface area contributed by atoms with E-state index in [0.717, 1.165) is 35.1 Å². The molecule has 7 nitrogen and oxygen atoms in total. The van der Waals surface area contributed by atoms with Crippen LogP contribution >= 0.6 is 0 Å². The zero-order valence-electron chi connectivity index (χ0n) is 19.5. The van der Waals surface area contributed by atoms with Crippen LogP contribution in [0, 0.1) is 17.2 Å². The van der Waals surface area contributed by atoms with Gasteiger partial charge in [-0.25, -0.2) is 13.9 Å². The minimum atomic E-state index is -1.16. The van der Waals surface area contributed by atoms with E-state index in [0.29, 0.717) is 10.5 Å². The largest absolute Gasteiger partial charge is 0.362 e. The van der Waals surface area contributed by atoms with Crippen molar-refractivity contribution in [1.82, 2.24) is 14.7 Å². The number of anilines is 2. The highest BCUT2D eigenvalue weighted by Gasteiger charge is 2.14. The molecule has 1 atom stereocenters. The average molecular weight is 465 g/mol. The summed E-state index contributed by atoms with van der Waals surface area (Å²) in [6.45, 7) is 0.991. The van der Waals surface area contributed by atoms with Crippen molar-refractivity contribution < 1.29 is 4.21 Å². The number of nitrogens with zero attached hydrogens (tertiary/aromatic N) is 4. The summed E-state index contributed by atoms with van der Waals surface area (Å²) in [6.07, 6.45) is 6.80. The molecule has 0 radical (unpaired) electrons. The molecule has 0 spiro atoms. The van der Waals surface area contributed by atoms with E-state index in [1.807, 2.05) is 32.3 Å². The van der Waals surface area contributed by atoms with Crippen LogP contribution < -0.4 is 14.9 Å². The van der Waals surface area contributed by atoms with Crippen molar-refractivity contribution in [2.24, 2.45) is 5.92 Å². The maximum atomic E-state index is 11.1. The summed E-state index contributed by atoms with van der Waals surface area (Å²) in [5.74, 6) is 2.51. The summed E-state index contributed by atoms with van der Waals surface area (Å²) in [4.78, 5) is 12.1. The molecule has 1 aromatic heterocycles. The third-order valence-corrected chi connectivity index (χ3v) is 6.73. The molecule has 1 aliphatic carbocycles. The number of nitrogens with one attached hydrogen (secondary N) is 2. The highest BCUT2D eigenvalue weighted by molar-refractivity contribution is 7.83. The Morgan fingerprint density at radius 1 is 1.06 bits per heavy atom. The van der Waals surface area contributed by atoms with Crippen molar-refractivity contribution in [1.29, 1.82) is 5.26 Å². The van der Waals surface area contributed by atoms with Crippen molar-refractivity contribution in [2.75, 3.05) is 37.9 Å². The van der Waals surface area contributed by atoms with Gasteiger partial charge >= 0.3 is 0 Å². The van der Waals surface area contributed by atoms with E-state index in [1.54, 1.807) is 31.3 Å². The van der Waals surface area contributed by atoms with Gasteiger partial charge in [-0.1, -0.05) is 31.4 Å². The summed E-state index contributed by atoms with van der Waals surface area (Å²) in [5.41, 5.74) is 1.58. The molecule has 1 fully saturated rings. The second kappa shape index (κ2) is 12.3. The van der Waals surface area contributed by atoms with Crippen LogP contribution in [0.3, 0.4) is 0 Å². The Bertz CT molecular complexity index is 1100.